The number of nitrogens with zero attached hydrogens (tertiary/aromatic N) is 3. The highest BCUT2D eigenvalue weighted by Gasteiger charge is 2.42. The Balaban J connectivity index is 1.70. The Morgan fingerprint density at radius 2 is 1.81 bits per heavy atom. The number of pyridine rings is 1. The van der Waals surface area contributed by atoms with Crippen LogP contribution in [-0.4, -0.2) is 25.7 Å². The van der Waals surface area contributed by atoms with E-state index in [1.807, 2.05) is 37.3 Å². The predicted molar refractivity (Wildman–Crippen MR) is 146 cm³/mol. The molecule has 0 saturated carbocycles. The number of hydrogen-bond acceptors (Lipinski definition) is 3. The van der Waals surface area contributed by atoms with Gasteiger partial charge in [-0.1, -0.05) is 24.3 Å². The molecule has 7 heteroatoms. The molecular formula is C29H28N4O2S. The maximum Gasteiger partial charge on any atom is 0.335 e. The largest absolute Gasteiger partial charge is 0.478 e. The third-order valence-corrected chi connectivity index (χ3v) is 7.18. The first-order chi connectivity index (χ1) is 17.3. The monoisotopic (exact) mass is 496 g/mol. The fourth-order valence-corrected chi connectivity index (χ4v) is 5.51. The van der Waals surface area contributed by atoms with Crippen LogP contribution >= 0.6 is 12.2 Å². The number of aryl methyl sites for hydroxylation is 3. The number of anilines is 1. The molecule has 4 aromatic rings. The highest BCUT2D eigenvalue weighted by atomic mass is 32.1. The van der Waals surface area contributed by atoms with E-state index in [9.17, 15) is 9.90 Å². The number of aromatic nitrogens is 2. The lowest BCUT2D eigenvalue weighted by Gasteiger charge is -2.28. The Kier molecular flexibility index (Phi) is 6.10. The van der Waals surface area contributed by atoms with Gasteiger partial charge in [-0.3, -0.25) is 4.98 Å². The van der Waals surface area contributed by atoms with Crippen LogP contribution in [0.3, 0.4) is 0 Å². The topological polar surface area (TPSA) is 70.4 Å². The van der Waals surface area contributed by atoms with Crippen LogP contribution in [0.4, 0.5) is 5.69 Å². The Hall–Kier alpha value is -3.97. The Bertz CT molecular complexity index is 1480. The van der Waals surface area contributed by atoms with Crippen molar-refractivity contribution in [2.24, 2.45) is 0 Å². The molecule has 0 aliphatic carbocycles. The molecule has 3 heterocycles. The number of hydrogen-bond donors (Lipinski definition) is 2. The fourth-order valence-electron chi connectivity index (χ4n) is 5.17. The molecule has 182 valence electrons. The molecule has 0 spiro atoms. The summed E-state index contributed by atoms with van der Waals surface area (Å²) >= 11 is 5.88. The van der Waals surface area contributed by atoms with Crippen LogP contribution in [0.25, 0.3) is 5.69 Å². The van der Waals surface area contributed by atoms with Crippen LogP contribution in [-0.2, 0) is 0 Å². The van der Waals surface area contributed by atoms with E-state index in [1.54, 1.807) is 18.3 Å². The van der Waals surface area contributed by atoms with E-state index in [1.165, 1.54) is 0 Å². The second-order valence-corrected chi connectivity index (χ2v) is 9.69. The van der Waals surface area contributed by atoms with E-state index in [0.717, 1.165) is 45.1 Å². The van der Waals surface area contributed by atoms with Gasteiger partial charge in [0, 0.05) is 29.0 Å². The Labute approximate surface area is 216 Å². The zero-order chi connectivity index (χ0) is 25.6. The van der Waals surface area contributed by atoms with Crippen LogP contribution in [0.2, 0.25) is 0 Å². The number of nitrogens with one attached hydrogen (secondary N) is 1. The first kappa shape index (κ1) is 23.8. The third kappa shape index (κ3) is 4.05. The maximum absolute atomic E-state index is 11.7. The smallest absolute Gasteiger partial charge is 0.335 e. The van der Waals surface area contributed by atoms with Crippen molar-refractivity contribution in [2.75, 3.05) is 4.90 Å². The molecule has 0 bridgehead atoms. The third-order valence-electron chi connectivity index (χ3n) is 6.86. The summed E-state index contributed by atoms with van der Waals surface area (Å²) in [7, 11) is 0. The Morgan fingerprint density at radius 3 is 2.50 bits per heavy atom. The van der Waals surface area contributed by atoms with Gasteiger partial charge in [-0.25, -0.2) is 4.79 Å². The van der Waals surface area contributed by atoms with Crippen molar-refractivity contribution in [1.82, 2.24) is 14.9 Å². The van der Waals surface area contributed by atoms with Gasteiger partial charge in [0.25, 0.3) is 0 Å². The second kappa shape index (κ2) is 9.24. The van der Waals surface area contributed by atoms with Crippen molar-refractivity contribution in [1.29, 1.82) is 0 Å². The molecule has 1 fully saturated rings. The van der Waals surface area contributed by atoms with E-state index in [-0.39, 0.29) is 17.6 Å². The van der Waals surface area contributed by atoms with Crippen molar-refractivity contribution >= 4 is 29.0 Å². The molecule has 1 saturated heterocycles. The first-order valence-corrected chi connectivity index (χ1v) is 12.3. The summed E-state index contributed by atoms with van der Waals surface area (Å²) < 4.78 is 2.14. The quantitative estimate of drug-likeness (QED) is 0.331. The number of benzene rings is 2. The lowest BCUT2D eigenvalue weighted by Crippen LogP contribution is -2.29. The summed E-state index contributed by atoms with van der Waals surface area (Å²) in [6, 6.07) is 21.4. The van der Waals surface area contributed by atoms with E-state index >= 15 is 0 Å². The van der Waals surface area contributed by atoms with Gasteiger partial charge in [0.1, 0.15) is 0 Å². The van der Waals surface area contributed by atoms with Gasteiger partial charge in [0.15, 0.2) is 5.11 Å². The summed E-state index contributed by atoms with van der Waals surface area (Å²) in [5.74, 6) is -0.940. The lowest BCUT2D eigenvalue weighted by atomic mass is 9.96. The maximum atomic E-state index is 11.7. The SMILES string of the molecule is Cc1cccc(N2C(=S)N[C@@H](c3ccccn3)[C@H]2c2cc(C)n(-c3cc(C(=O)O)ccc3C)c2C)c1. The van der Waals surface area contributed by atoms with Gasteiger partial charge in [-0.05, 0) is 99.1 Å². The van der Waals surface area contributed by atoms with Crippen LogP contribution in [0.1, 0.15) is 56.2 Å². The van der Waals surface area contributed by atoms with Crippen molar-refractivity contribution in [3.63, 3.8) is 0 Å². The minimum atomic E-state index is -0.940. The van der Waals surface area contributed by atoms with Crippen LogP contribution in [0, 0.1) is 27.7 Å². The minimum Gasteiger partial charge on any atom is -0.478 e. The number of thiocarbonyl (C=S) groups is 1. The second-order valence-electron chi connectivity index (χ2n) is 9.30. The summed E-state index contributed by atoms with van der Waals surface area (Å²) in [5.41, 5.74) is 8.38. The number of carboxylic acids is 1. The van der Waals surface area contributed by atoms with E-state index < -0.39 is 5.97 Å². The number of aromatic carboxylic acids is 1. The number of carbonyl (C=O) groups is 1. The van der Waals surface area contributed by atoms with Gasteiger partial charge < -0.3 is 19.9 Å². The summed E-state index contributed by atoms with van der Waals surface area (Å²) in [5, 5.41) is 13.8. The van der Waals surface area contributed by atoms with Crippen LogP contribution in [0.15, 0.2) is 72.9 Å². The average Bonchev–Trinajstić information content (AvgIpc) is 3.35. The molecule has 36 heavy (non-hydrogen) atoms. The zero-order valence-corrected chi connectivity index (χ0v) is 21.5. The summed E-state index contributed by atoms with van der Waals surface area (Å²) in [6.07, 6.45) is 1.80. The highest BCUT2D eigenvalue weighted by Crippen LogP contribution is 2.44. The molecule has 2 atom stereocenters. The van der Waals surface area contributed by atoms with Gasteiger partial charge in [0.05, 0.1) is 23.3 Å². The van der Waals surface area contributed by atoms with Crippen molar-refractivity contribution in [2.45, 2.75) is 39.8 Å². The lowest BCUT2D eigenvalue weighted by molar-refractivity contribution is 0.0697. The molecular weight excluding hydrogens is 468 g/mol. The molecule has 2 N–H and O–H groups in total. The standard InChI is InChI=1S/C29H28N4O2S/c1-17-8-7-9-22(14-17)33-27(26(31-29(33)36)24-10-5-6-13-30-24)23-15-19(3)32(20(23)4)25-16-21(28(34)35)12-11-18(25)2/h5-16,26-27H,1-4H3,(H,31,36)(H,34,35)/t26-,27+/m0/s1. The van der Waals surface area contributed by atoms with Crippen molar-refractivity contribution in [3.8, 4) is 5.69 Å². The predicted octanol–water partition coefficient (Wildman–Crippen LogP) is 5.98. The van der Waals surface area contributed by atoms with Crippen LogP contribution < -0.4 is 10.2 Å². The average molecular weight is 497 g/mol. The summed E-state index contributed by atoms with van der Waals surface area (Å²) in [4.78, 5) is 18.5. The molecule has 0 unspecified atom stereocenters. The number of rotatable bonds is 5. The summed E-state index contributed by atoms with van der Waals surface area (Å²) in [6.45, 7) is 8.21. The minimum absolute atomic E-state index is 0.142. The molecule has 2 aromatic carbocycles. The van der Waals surface area contributed by atoms with Crippen molar-refractivity contribution in [3.05, 3.63) is 112 Å². The van der Waals surface area contributed by atoms with E-state index in [4.69, 9.17) is 12.2 Å². The molecule has 0 radical (unpaired) electrons. The fraction of sp³-hybridized carbons (Fsp3) is 0.207. The van der Waals surface area contributed by atoms with E-state index in [2.05, 4.69) is 64.8 Å². The highest BCUT2D eigenvalue weighted by molar-refractivity contribution is 7.80. The van der Waals surface area contributed by atoms with E-state index in [0.29, 0.717) is 5.11 Å². The zero-order valence-electron chi connectivity index (χ0n) is 20.7. The molecule has 6 nitrogen and oxygen atoms in total. The molecule has 0 amide bonds. The molecule has 1 aliphatic heterocycles. The van der Waals surface area contributed by atoms with Crippen molar-refractivity contribution < 1.29 is 9.90 Å². The normalized spacial score (nSPS) is 17.3. The van der Waals surface area contributed by atoms with Gasteiger partial charge in [-0.15, -0.1) is 0 Å². The first-order valence-electron chi connectivity index (χ1n) is 11.9. The Morgan fingerprint density at radius 1 is 1.00 bits per heavy atom. The van der Waals surface area contributed by atoms with Gasteiger partial charge in [-0.2, -0.15) is 0 Å². The van der Waals surface area contributed by atoms with Crippen LogP contribution in [0.5, 0.6) is 0 Å². The molecule has 2 aromatic heterocycles. The number of carboxylic acid groups (broad SMARTS) is 1. The van der Waals surface area contributed by atoms with Gasteiger partial charge >= 0.3 is 5.97 Å². The van der Waals surface area contributed by atoms with Gasteiger partial charge in [0.2, 0.25) is 0 Å². The molecule has 5 rings (SSSR count). The molecule has 1 aliphatic rings.